The summed E-state index contributed by atoms with van der Waals surface area (Å²) in [6.45, 7) is 3.20. The second-order valence-corrected chi connectivity index (χ2v) is 6.97. The average molecular weight is 361 g/mol. The second-order valence-electron chi connectivity index (χ2n) is 6.97. The molecule has 2 aliphatic heterocycles. The molecule has 0 radical (unpaired) electrons. The quantitative estimate of drug-likeness (QED) is 0.840. The molecular formula is C19H27N3O4. The molecule has 0 aliphatic carbocycles. The van der Waals surface area contributed by atoms with Crippen LogP contribution >= 0.6 is 0 Å². The van der Waals surface area contributed by atoms with Crippen molar-refractivity contribution < 1.29 is 19.1 Å². The van der Waals surface area contributed by atoms with Crippen LogP contribution in [0.1, 0.15) is 18.4 Å². The van der Waals surface area contributed by atoms with E-state index in [4.69, 9.17) is 15.2 Å². The van der Waals surface area contributed by atoms with Gasteiger partial charge >= 0.3 is 0 Å². The molecule has 7 heteroatoms. The minimum Gasteiger partial charge on any atom is -0.497 e. The van der Waals surface area contributed by atoms with Crippen LogP contribution in [0, 0.1) is 0 Å². The molecular weight excluding hydrogens is 334 g/mol. The molecule has 0 bridgehead atoms. The maximum Gasteiger partial charge on any atom is 0.242 e. The van der Waals surface area contributed by atoms with Gasteiger partial charge < -0.3 is 25.0 Å². The van der Waals surface area contributed by atoms with E-state index in [0.717, 1.165) is 11.3 Å². The molecule has 0 atom stereocenters. The van der Waals surface area contributed by atoms with Crippen molar-refractivity contribution in [2.75, 3.05) is 46.5 Å². The molecule has 142 valence electrons. The van der Waals surface area contributed by atoms with Gasteiger partial charge in [0.05, 0.1) is 19.1 Å². The molecule has 0 aromatic heterocycles. The minimum absolute atomic E-state index is 0.0132. The van der Waals surface area contributed by atoms with Gasteiger partial charge in [0.15, 0.2) is 0 Å². The molecule has 7 nitrogen and oxygen atoms in total. The van der Waals surface area contributed by atoms with Crippen molar-refractivity contribution in [3.05, 3.63) is 29.8 Å². The lowest BCUT2D eigenvalue weighted by atomic mass is 9.89. The van der Waals surface area contributed by atoms with E-state index in [1.54, 1.807) is 12.0 Å². The summed E-state index contributed by atoms with van der Waals surface area (Å²) in [5.41, 5.74) is 6.41. The molecule has 0 unspecified atom stereocenters. The number of ether oxygens (including phenoxy) is 2. The summed E-state index contributed by atoms with van der Waals surface area (Å²) >= 11 is 0. The van der Waals surface area contributed by atoms with Crippen molar-refractivity contribution in [1.82, 2.24) is 9.80 Å². The number of piperazine rings is 1. The number of nitrogens with zero attached hydrogens (tertiary/aromatic N) is 2. The number of benzene rings is 1. The molecule has 0 spiro atoms. The second kappa shape index (κ2) is 8.05. The van der Waals surface area contributed by atoms with E-state index in [-0.39, 0.29) is 11.8 Å². The summed E-state index contributed by atoms with van der Waals surface area (Å²) in [5.74, 6) is 0.801. The van der Waals surface area contributed by atoms with Crippen LogP contribution in [-0.4, -0.2) is 73.7 Å². The molecule has 2 saturated heterocycles. The van der Waals surface area contributed by atoms with Crippen LogP contribution in [0.4, 0.5) is 0 Å². The predicted molar refractivity (Wildman–Crippen MR) is 96.8 cm³/mol. The van der Waals surface area contributed by atoms with Gasteiger partial charge in [-0.2, -0.15) is 0 Å². The fourth-order valence-electron chi connectivity index (χ4n) is 3.49. The normalized spacial score (nSPS) is 19.9. The summed E-state index contributed by atoms with van der Waals surface area (Å²) in [6, 6.07) is 7.54. The van der Waals surface area contributed by atoms with Gasteiger partial charge in [0.25, 0.3) is 0 Å². The molecule has 0 saturated carbocycles. The van der Waals surface area contributed by atoms with E-state index >= 15 is 0 Å². The van der Waals surface area contributed by atoms with E-state index in [9.17, 15) is 9.59 Å². The zero-order valence-electron chi connectivity index (χ0n) is 15.3. The van der Waals surface area contributed by atoms with Crippen molar-refractivity contribution in [3.8, 4) is 5.75 Å². The molecule has 2 aliphatic rings. The van der Waals surface area contributed by atoms with E-state index in [1.165, 1.54) is 0 Å². The third-order valence-electron chi connectivity index (χ3n) is 5.22. The maximum atomic E-state index is 12.7. The fourth-order valence-corrected chi connectivity index (χ4v) is 3.49. The Morgan fingerprint density at radius 3 is 2.46 bits per heavy atom. The Morgan fingerprint density at radius 2 is 1.81 bits per heavy atom. The monoisotopic (exact) mass is 361 g/mol. The van der Waals surface area contributed by atoms with Crippen LogP contribution in [0.3, 0.4) is 0 Å². The smallest absolute Gasteiger partial charge is 0.242 e. The van der Waals surface area contributed by atoms with E-state index < -0.39 is 5.54 Å². The zero-order chi connectivity index (χ0) is 18.6. The Morgan fingerprint density at radius 1 is 1.15 bits per heavy atom. The van der Waals surface area contributed by atoms with E-state index in [1.807, 2.05) is 29.2 Å². The standard InChI is InChI=1S/C19H27N3O4/c1-25-16-4-2-3-15(13-16)14-17(23)21-7-9-22(10-8-21)18(24)19(20)5-11-26-12-6-19/h2-4,13H,5-12,14,20H2,1H3. The van der Waals surface area contributed by atoms with Crippen LogP contribution in [0.5, 0.6) is 5.75 Å². The third-order valence-corrected chi connectivity index (χ3v) is 5.22. The van der Waals surface area contributed by atoms with Gasteiger partial charge in [0.2, 0.25) is 11.8 Å². The summed E-state index contributed by atoms with van der Waals surface area (Å²) in [4.78, 5) is 28.9. The van der Waals surface area contributed by atoms with Crippen LogP contribution in [0.15, 0.2) is 24.3 Å². The van der Waals surface area contributed by atoms with E-state index in [0.29, 0.717) is 58.7 Å². The Balaban J connectivity index is 1.52. The largest absolute Gasteiger partial charge is 0.497 e. The van der Waals surface area contributed by atoms with Gasteiger partial charge in [0.1, 0.15) is 5.75 Å². The molecule has 26 heavy (non-hydrogen) atoms. The Bertz CT molecular complexity index is 650. The summed E-state index contributed by atoms with van der Waals surface area (Å²) < 4.78 is 10.5. The van der Waals surface area contributed by atoms with Gasteiger partial charge in [-0.15, -0.1) is 0 Å². The number of rotatable bonds is 4. The minimum atomic E-state index is -0.814. The van der Waals surface area contributed by atoms with Gasteiger partial charge in [-0.3, -0.25) is 9.59 Å². The Labute approximate surface area is 154 Å². The van der Waals surface area contributed by atoms with E-state index in [2.05, 4.69) is 0 Å². The van der Waals surface area contributed by atoms with Crippen LogP contribution < -0.4 is 10.5 Å². The molecule has 2 heterocycles. The first-order valence-electron chi connectivity index (χ1n) is 9.08. The summed E-state index contributed by atoms with van der Waals surface area (Å²) in [7, 11) is 1.61. The first-order chi connectivity index (χ1) is 12.5. The molecule has 1 aromatic carbocycles. The number of nitrogens with two attached hydrogens (primary N) is 1. The molecule has 2 amide bonds. The van der Waals surface area contributed by atoms with Gasteiger partial charge in [-0.25, -0.2) is 0 Å². The topological polar surface area (TPSA) is 85.1 Å². The first-order valence-corrected chi connectivity index (χ1v) is 9.08. The highest BCUT2D eigenvalue weighted by Crippen LogP contribution is 2.21. The van der Waals surface area contributed by atoms with Crippen molar-refractivity contribution in [2.45, 2.75) is 24.8 Å². The summed E-state index contributed by atoms with van der Waals surface area (Å²) in [6.07, 6.45) is 1.45. The van der Waals surface area contributed by atoms with Crippen molar-refractivity contribution >= 4 is 11.8 Å². The van der Waals surface area contributed by atoms with Gasteiger partial charge in [0, 0.05) is 39.4 Å². The average Bonchev–Trinajstić information content (AvgIpc) is 2.68. The number of carbonyl (C=O) groups is 2. The van der Waals surface area contributed by atoms with Crippen LogP contribution in [0.2, 0.25) is 0 Å². The third kappa shape index (κ3) is 4.16. The lowest BCUT2D eigenvalue weighted by Gasteiger charge is -2.41. The highest BCUT2D eigenvalue weighted by Gasteiger charge is 2.40. The van der Waals surface area contributed by atoms with Crippen LogP contribution in [-0.2, 0) is 20.7 Å². The van der Waals surface area contributed by atoms with Crippen molar-refractivity contribution in [2.24, 2.45) is 5.73 Å². The maximum absolute atomic E-state index is 12.7. The molecule has 1 aromatic rings. The number of amides is 2. The lowest BCUT2D eigenvalue weighted by Crippen LogP contribution is -2.61. The molecule has 2 N–H and O–H groups in total. The SMILES string of the molecule is COc1cccc(CC(=O)N2CCN(C(=O)C3(N)CCOCC3)CC2)c1. The summed E-state index contributed by atoms with van der Waals surface area (Å²) in [5, 5.41) is 0. The number of hydrogen-bond donors (Lipinski definition) is 1. The number of carbonyl (C=O) groups excluding carboxylic acids is 2. The Hall–Kier alpha value is -2.12. The Kier molecular flexibility index (Phi) is 5.78. The van der Waals surface area contributed by atoms with Crippen molar-refractivity contribution in [1.29, 1.82) is 0 Å². The van der Waals surface area contributed by atoms with Crippen LogP contribution in [0.25, 0.3) is 0 Å². The zero-order valence-corrected chi connectivity index (χ0v) is 15.3. The fraction of sp³-hybridized carbons (Fsp3) is 0.579. The number of methoxy groups -OCH3 is 1. The highest BCUT2D eigenvalue weighted by molar-refractivity contribution is 5.86. The van der Waals surface area contributed by atoms with Gasteiger partial charge in [-0.05, 0) is 30.5 Å². The first kappa shape index (κ1) is 18.7. The number of hydrogen-bond acceptors (Lipinski definition) is 5. The van der Waals surface area contributed by atoms with Crippen molar-refractivity contribution in [3.63, 3.8) is 0 Å². The van der Waals surface area contributed by atoms with Gasteiger partial charge in [-0.1, -0.05) is 12.1 Å². The predicted octanol–water partition coefficient (Wildman–Crippen LogP) is 0.416. The molecule has 2 fully saturated rings. The lowest BCUT2D eigenvalue weighted by molar-refractivity contribution is -0.145. The molecule has 3 rings (SSSR count). The highest BCUT2D eigenvalue weighted by atomic mass is 16.5.